The first kappa shape index (κ1) is 9.95. The van der Waals surface area contributed by atoms with Crippen LogP contribution < -0.4 is 0 Å². The third-order valence-electron chi connectivity index (χ3n) is 3.86. The van der Waals surface area contributed by atoms with Crippen LogP contribution >= 0.6 is 15.9 Å². The van der Waals surface area contributed by atoms with E-state index in [1.165, 1.54) is 66.5 Å². The maximum atomic E-state index is 6.07. The maximum Gasteiger partial charge on any atom is 0.121 e. The highest BCUT2D eigenvalue weighted by Crippen LogP contribution is 2.43. The molecular weight excluding hydrogens is 252 g/mol. The van der Waals surface area contributed by atoms with Crippen molar-refractivity contribution in [3.63, 3.8) is 0 Å². The predicted molar refractivity (Wildman–Crippen MR) is 64.3 cm³/mol. The second-order valence-corrected chi connectivity index (χ2v) is 5.66. The molecule has 15 heavy (non-hydrogen) atoms. The van der Waals surface area contributed by atoms with Crippen LogP contribution in [0.4, 0.5) is 0 Å². The zero-order chi connectivity index (χ0) is 10.3. The minimum Gasteiger partial charge on any atom is -0.464 e. The first-order valence-corrected chi connectivity index (χ1v) is 6.95. The number of furan rings is 1. The molecule has 3 rings (SSSR count). The van der Waals surface area contributed by atoms with Crippen LogP contribution in [0.25, 0.3) is 0 Å². The Kier molecular flexibility index (Phi) is 2.63. The van der Waals surface area contributed by atoms with E-state index in [1.807, 2.05) is 0 Å². The maximum absolute atomic E-state index is 6.07. The minimum absolute atomic E-state index is 0.699. The Labute approximate surface area is 99.4 Å². The van der Waals surface area contributed by atoms with Gasteiger partial charge in [-0.15, -0.1) is 0 Å². The minimum atomic E-state index is 0.699. The molecule has 82 valence electrons. The smallest absolute Gasteiger partial charge is 0.121 e. The van der Waals surface area contributed by atoms with Gasteiger partial charge in [-0.3, -0.25) is 0 Å². The molecule has 2 heteroatoms. The summed E-state index contributed by atoms with van der Waals surface area (Å²) in [7, 11) is 0. The quantitative estimate of drug-likeness (QED) is 0.727. The van der Waals surface area contributed by atoms with E-state index in [1.54, 1.807) is 0 Å². The van der Waals surface area contributed by atoms with Crippen LogP contribution in [-0.2, 0) is 12.8 Å². The Balaban J connectivity index is 1.97. The number of fused-ring (bicyclic) bond motifs is 1. The lowest BCUT2D eigenvalue weighted by Crippen LogP contribution is -1.98. The highest BCUT2D eigenvalue weighted by molar-refractivity contribution is 9.10. The van der Waals surface area contributed by atoms with Gasteiger partial charge in [-0.05, 0) is 48.0 Å². The molecule has 0 aliphatic heterocycles. The van der Waals surface area contributed by atoms with Crippen molar-refractivity contribution in [1.29, 1.82) is 0 Å². The van der Waals surface area contributed by atoms with Crippen molar-refractivity contribution in [1.82, 2.24) is 0 Å². The fourth-order valence-corrected chi connectivity index (χ4v) is 3.82. The van der Waals surface area contributed by atoms with Crippen molar-refractivity contribution < 1.29 is 4.42 Å². The lowest BCUT2D eigenvalue weighted by atomic mass is 9.97. The van der Waals surface area contributed by atoms with Crippen LogP contribution in [0.15, 0.2) is 8.89 Å². The van der Waals surface area contributed by atoms with E-state index >= 15 is 0 Å². The summed E-state index contributed by atoms with van der Waals surface area (Å²) in [4.78, 5) is 0. The highest BCUT2D eigenvalue weighted by Gasteiger charge is 2.27. The Morgan fingerprint density at radius 3 is 2.47 bits per heavy atom. The van der Waals surface area contributed by atoms with Gasteiger partial charge in [0.05, 0.1) is 4.47 Å². The Hall–Kier alpha value is -0.240. The van der Waals surface area contributed by atoms with Crippen molar-refractivity contribution in [2.45, 2.75) is 57.3 Å². The molecule has 2 aliphatic rings. The summed E-state index contributed by atoms with van der Waals surface area (Å²) in [5.74, 6) is 3.24. The van der Waals surface area contributed by atoms with E-state index in [-0.39, 0.29) is 0 Å². The topological polar surface area (TPSA) is 13.1 Å². The van der Waals surface area contributed by atoms with Crippen LogP contribution in [0, 0.1) is 0 Å². The van der Waals surface area contributed by atoms with Gasteiger partial charge in [0, 0.05) is 17.9 Å². The number of hydrogen-bond donors (Lipinski definition) is 0. The summed E-state index contributed by atoms with van der Waals surface area (Å²) in [6, 6.07) is 0. The molecule has 0 atom stereocenters. The first-order valence-electron chi connectivity index (χ1n) is 6.16. The summed E-state index contributed by atoms with van der Waals surface area (Å²) < 4.78 is 7.38. The number of hydrogen-bond acceptors (Lipinski definition) is 1. The summed E-state index contributed by atoms with van der Waals surface area (Å²) in [5.41, 5.74) is 1.48. The van der Waals surface area contributed by atoms with Crippen LogP contribution in [0.5, 0.6) is 0 Å². The highest BCUT2D eigenvalue weighted by atomic mass is 79.9. The SMILES string of the molecule is Brc1c(C2CCCC2)oc2c1CCCC2. The number of halogens is 1. The molecule has 0 bridgehead atoms. The Morgan fingerprint density at radius 2 is 1.73 bits per heavy atom. The summed E-state index contributed by atoms with van der Waals surface area (Å²) in [6.45, 7) is 0. The molecular formula is C13H17BrO. The van der Waals surface area contributed by atoms with Crippen LogP contribution in [0.2, 0.25) is 0 Å². The van der Waals surface area contributed by atoms with Crippen molar-refractivity contribution in [2.24, 2.45) is 0 Å². The molecule has 1 nitrogen and oxygen atoms in total. The van der Waals surface area contributed by atoms with E-state index in [9.17, 15) is 0 Å². The molecule has 0 radical (unpaired) electrons. The zero-order valence-corrected chi connectivity index (χ0v) is 10.6. The first-order chi connectivity index (χ1) is 7.36. The standard InChI is InChI=1S/C13H17BrO/c14-12-10-7-3-4-8-11(10)15-13(12)9-5-1-2-6-9/h9H,1-8H2. The average Bonchev–Trinajstić information content (AvgIpc) is 2.87. The van der Waals surface area contributed by atoms with Gasteiger partial charge in [0.15, 0.2) is 0 Å². The molecule has 0 unspecified atom stereocenters. The Morgan fingerprint density at radius 1 is 1.00 bits per heavy atom. The van der Waals surface area contributed by atoms with Crippen molar-refractivity contribution >= 4 is 15.9 Å². The third kappa shape index (κ3) is 1.67. The van der Waals surface area contributed by atoms with Crippen LogP contribution in [0.3, 0.4) is 0 Å². The van der Waals surface area contributed by atoms with Gasteiger partial charge in [0.1, 0.15) is 11.5 Å². The van der Waals surface area contributed by atoms with E-state index in [4.69, 9.17) is 4.42 Å². The fraction of sp³-hybridized carbons (Fsp3) is 0.692. The second kappa shape index (κ2) is 3.97. The van der Waals surface area contributed by atoms with Gasteiger partial charge in [0.25, 0.3) is 0 Å². The fourth-order valence-electron chi connectivity index (χ4n) is 3.00. The van der Waals surface area contributed by atoms with Gasteiger partial charge in [-0.25, -0.2) is 0 Å². The van der Waals surface area contributed by atoms with Crippen LogP contribution in [-0.4, -0.2) is 0 Å². The van der Waals surface area contributed by atoms with E-state index in [0.717, 1.165) is 6.42 Å². The van der Waals surface area contributed by atoms with Crippen molar-refractivity contribution in [3.05, 3.63) is 21.6 Å². The second-order valence-electron chi connectivity index (χ2n) is 4.87. The molecule has 1 fully saturated rings. The van der Waals surface area contributed by atoms with Gasteiger partial charge >= 0.3 is 0 Å². The molecule has 0 aromatic carbocycles. The number of rotatable bonds is 1. The number of aryl methyl sites for hydroxylation is 1. The molecule has 2 aliphatic carbocycles. The molecule has 0 N–H and O–H groups in total. The predicted octanol–water partition coefficient (Wildman–Crippen LogP) is 4.58. The largest absolute Gasteiger partial charge is 0.464 e. The molecule has 1 saturated carbocycles. The third-order valence-corrected chi connectivity index (χ3v) is 4.73. The lowest BCUT2D eigenvalue weighted by molar-refractivity contribution is 0.416. The van der Waals surface area contributed by atoms with E-state index in [0.29, 0.717) is 5.92 Å². The van der Waals surface area contributed by atoms with Gasteiger partial charge in [0.2, 0.25) is 0 Å². The Bertz CT molecular complexity index is 361. The van der Waals surface area contributed by atoms with E-state index in [2.05, 4.69) is 15.9 Å². The normalized spacial score (nSPS) is 21.9. The monoisotopic (exact) mass is 268 g/mol. The summed E-state index contributed by atoms with van der Waals surface area (Å²) in [6.07, 6.45) is 10.4. The van der Waals surface area contributed by atoms with Gasteiger partial charge < -0.3 is 4.42 Å². The van der Waals surface area contributed by atoms with Crippen LogP contribution in [0.1, 0.15) is 61.5 Å². The molecule has 1 heterocycles. The molecule has 1 aromatic heterocycles. The lowest BCUT2D eigenvalue weighted by Gasteiger charge is -2.08. The molecule has 0 spiro atoms. The van der Waals surface area contributed by atoms with E-state index < -0.39 is 0 Å². The zero-order valence-electron chi connectivity index (χ0n) is 9.02. The summed E-state index contributed by atoms with van der Waals surface area (Å²) in [5, 5.41) is 0. The molecule has 0 saturated heterocycles. The summed E-state index contributed by atoms with van der Waals surface area (Å²) >= 11 is 3.75. The van der Waals surface area contributed by atoms with Gasteiger partial charge in [-0.2, -0.15) is 0 Å². The average molecular weight is 269 g/mol. The van der Waals surface area contributed by atoms with Gasteiger partial charge in [-0.1, -0.05) is 12.8 Å². The van der Waals surface area contributed by atoms with Crippen molar-refractivity contribution in [3.8, 4) is 0 Å². The van der Waals surface area contributed by atoms with Crippen molar-refractivity contribution in [2.75, 3.05) is 0 Å². The molecule has 1 aromatic rings. The molecule has 0 amide bonds.